The zero-order chi connectivity index (χ0) is 19.0. The number of hydrogen-bond acceptors (Lipinski definition) is 4. The lowest BCUT2D eigenvalue weighted by molar-refractivity contribution is -0.127. The van der Waals surface area contributed by atoms with Crippen LogP contribution in [0.4, 0.5) is 5.69 Å². The van der Waals surface area contributed by atoms with Crippen LogP contribution in [0.3, 0.4) is 0 Å². The van der Waals surface area contributed by atoms with Gasteiger partial charge in [0.05, 0.1) is 13.7 Å². The quantitative estimate of drug-likeness (QED) is 0.760. The monoisotopic (exact) mass is 372 g/mol. The average Bonchev–Trinajstić information content (AvgIpc) is 2.61. The van der Waals surface area contributed by atoms with Crippen LogP contribution in [-0.4, -0.2) is 31.2 Å². The van der Waals surface area contributed by atoms with Gasteiger partial charge >= 0.3 is 0 Å². The van der Waals surface area contributed by atoms with Crippen LogP contribution in [0.25, 0.3) is 0 Å². The van der Waals surface area contributed by atoms with Gasteiger partial charge in [-0.05, 0) is 82.3 Å². The van der Waals surface area contributed by atoms with E-state index in [9.17, 15) is 4.79 Å². The van der Waals surface area contributed by atoms with Gasteiger partial charge < -0.3 is 20.1 Å². The zero-order valence-corrected chi connectivity index (χ0v) is 16.7. The highest BCUT2D eigenvalue weighted by Crippen LogP contribution is 2.55. The number of carbonyl (C=O) groups is 1. The Balaban J connectivity index is 1.40. The molecule has 0 saturated heterocycles. The van der Waals surface area contributed by atoms with Crippen LogP contribution >= 0.6 is 0 Å². The van der Waals surface area contributed by atoms with Gasteiger partial charge in [-0.25, -0.2) is 0 Å². The van der Waals surface area contributed by atoms with Crippen molar-refractivity contribution in [1.29, 1.82) is 0 Å². The fourth-order valence-electron chi connectivity index (χ4n) is 5.98. The molecule has 4 bridgehead atoms. The standard InChI is InChI=1S/C22H32N2O3/c1-4-27-19-6-5-18(10-20(19)26-3)23-14(2)21(25)24-22-11-15-7-16(12-22)9-17(8-15)13-22/h5-6,10,14-17,23H,4,7-9,11-13H2,1-3H3,(H,24,25)/t14-,15?,16?,17?,22?/m1/s1. The molecule has 1 aromatic rings. The summed E-state index contributed by atoms with van der Waals surface area (Å²) >= 11 is 0. The van der Waals surface area contributed by atoms with E-state index in [1.165, 1.54) is 38.5 Å². The average molecular weight is 373 g/mol. The first-order valence-electron chi connectivity index (χ1n) is 10.4. The van der Waals surface area contributed by atoms with Crippen LogP contribution in [0.5, 0.6) is 11.5 Å². The van der Waals surface area contributed by atoms with Gasteiger partial charge in [0.1, 0.15) is 6.04 Å². The van der Waals surface area contributed by atoms with Gasteiger partial charge in [0, 0.05) is 17.3 Å². The zero-order valence-electron chi connectivity index (χ0n) is 16.7. The molecule has 4 aliphatic rings. The Labute approximate surface area is 162 Å². The first-order valence-corrected chi connectivity index (χ1v) is 10.4. The summed E-state index contributed by atoms with van der Waals surface area (Å²) in [5.74, 6) is 3.98. The summed E-state index contributed by atoms with van der Waals surface area (Å²) in [5, 5.41) is 6.77. The Morgan fingerprint density at radius 2 is 1.78 bits per heavy atom. The molecule has 2 N–H and O–H groups in total. The molecule has 1 aromatic carbocycles. The molecule has 148 valence electrons. The number of hydrogen-bond donors (Lipinski definition) is 2. The van der Waals surface area contributed by atoms with Crippen LogP contribution < -0.4 is 20.1 Å². The third-order valence-corrected chi connectivity index (χ3v) is 6.67. The summed E-state index contributed by atoms with van der Waals surface area (Å²) in [5.41, 5.74) is 0.918. The van der Waals surface area contributed by atoms with Gasteiger partial charge in [-0.3, -0.25) is 4.79 Å². The summed E-state index contributed by atoms with van der Waals surface area (Å²) in [6.45, 7) is 4.47. The highest BCUT2D eigenvalue weighted by molar-refractivity contribution is 5.85. The molecule has 1 atom stereocenters. The number of nitrogens with one attached hydrogen (secondary N) is 2. The lowest BCUT2D eigenvalue weighted by Crippen LogP contribution is -2.61. The first-order chi connectivity index (χ1) is 13.0. The predicted molar refractivity (Wildman–Crippen MR) is 106 cm³/mol. The summed E-state index contributed by atoms with van der Waals surface area (Å²) in [7, 11) is 1.63. The van der Waals surface area contributed by atoms with Crippen LogP contribution in [0.15, 0.2) is 18.2 Å². The number of anilines is 1. The fourth-order valence-corrected chi connectivity index (χ4v) is 5.98. The van der Waals surface area contributed by atoms with Crippen molar-refractivity contribution in [3.8, 4) is 11.5 Å². The molecule has 0 heterocycles. The second-order valence-electron chi connectivity index (χ2n) is 8.85. The van der Waals surface area contributed by atoms with Crippen LogP contribution in [0.1, 0.15) is 52.4 Å². The SMILES string of the molecule is CCOc1ccc(N[C@H](C)C(=O)NC23CC4CC(CC(C4)C2)C3)cc1OC. The fraction of sp³-hybridized carbons (Fsp3) is 0.682. The van der Waals surface area contributed by atoms with Crippen molar-refractivity contribution in [3.63, 3.8) is 0 Å². The molecule has 27 heavy (non-hydrogen) atoms. The molecule has 4 saturated carbocycles. The van der Waals surface area contributed by atoms with Crippen LogP contribution in [0.2, 0.25) is 0 Å². The molecule has 4 fully saturated rings. The van der Waals surface area contributed by atoms with E-state index >= 15 is 0 Å². The number of carbonyl (C=O) groups excluding carboxylic acids is 1. The molecule has 1 amide bonds. The Bertz CT molecular complexity index is 668. The lowest BCUT2D eigenvalue weighted by atomic mass is 9.53. The van der Waals surface area contributed by atoms with Gasteiger partial charge in [0.15, 0.2) is 11.5 Å². The molecule has 0 unspecified atom stereocenters. The first kappa shape index (κ1) is 18.5. The minimum atomic E-state index is -0.291. The van der Waals surface area contributed by atoms with E-state index in [4.69, 9.17) is 9.47 Å². The van der Waals surface area contributed by atoms with Crippen LogP contribution in [-0.2, 0) is 4.79 Å². The molecule has 0 spiro atoms. The molecule has 5 nitrogen and oxygen atoms in total. The minimum absolute atomic E-state index is 0.0539. The van der Waals surface area contributed by atoms with Gasteiger partial charge in [0.2, 0.25) is 5.91 Å². The van der Waals surface area contributed by atoms with Crippen molar-refractivity contribution >= 4 is 11.6 Å². The number of methoxy groups -OCH3 is 1. The van der Waals surface area contributed by atoms with Crippen molar-refractivity contribution in [2.24, 2.45) is 17.8 Å². The second kappa shape index (κ2) is 7.25. The molecule has 5 rings (SSSR count). The van der Waals surface area contributed by atoms with Crippen LogP contribution in [0, 0.1) is 17.8 Å². The number of ether oxygens (including phenoxy) is 2. The number of benzene rings is 1. The van der Waals surface area contributed by atoms with Gasteiger partial charge in [-0.15, -0.1) is 0 Å². The molecule has 4 aliphatic carbocycles. The summed E-state index contributed by atoms with van der Waals surface area (Å²) < 4.78 is 11.0. The van der Waals surface area contributed by atoms with Crippen molar-refractivity contribution in [2.75, 3.05) is 19.0 Å². The van der Waals surface area contributed by atoms with E-state index in [1.54, 1.807) is 7.11 Å². The van der Waals surface area contributed by atoms with E-state index in [0.717, 1.165) is 29.2 Å². The van der Waals surface area contributed by atoms with Crippen molar-refractivity contribution in [2.45, 2.75) is 64.0 Å². The van der Waals surface area contributed by atoms with Crippen molar-refractivity contribution in [3.05, 3.63) is 18.2 Å². The topological polar surface area (TPSA) is 59.6 Å². The van der Waals surface area contributed by atoms with E-state index in [0.29, 0.717) is 12.4 Å². The third kappa shape index (κ3) is 3.74. The Kier molecular flexibility index (Phi) is 4.95. The predicted octanol–water partition coefficient (Wildman–Crippen LogP) is 3.98. The van der Waals surface area contributed by atoms with E-state index < -0.39 is 0 Å². The smallest absolute Gasteiger partial charge is 0.242 e. The maximum atomic E-state index is 12.9. The van der Waals surface area contributed by atoms with Crippen molar-refractivity contribution in [1.82, 2.24) is 5.32 Å². The van der Waals surface area contributed by atoms with Gasteiger partial charge in [0.25, 0.3) is 0 Å². The van der Waals surface area contributed by atoms with Gasteiger partial charge in [-0.2, -0.15) is 0 Å². The largest absolute Gasteiger partial charge is 0.493 e. The molecule has 0 aliphatic heterocycles. The van der Waals surface area contributed by atoms with Crippen molar-refractivity contribution < 1.29 is 14.3 Å². The lowest BCUT2D eigenvalue weighted by Gasteiger charge is -2.57. The van der Waals surface area contributed by atoms with E-state index in [-0.39, 0.29) is 17.5 Å². The molecular weight excluding hydrogens is 340 g/mol. The highest BCUT2D eigenvalue weighted by atomic mass is 16.5. The van der Waals surface area contributed by atoms with Gasteiger partial charge in [-0.1, -0.05) is 0 Å². The molecule has 0 radical (unpaired) electrons. The number of rotatable bonds is 7. The third-order valence-electron chi connectivity index (χ3n) is 6.67. The highest BCUT2D eigenvalue weighted by Gasteiger charge is 2.51. The van der Waals surface area contributed by atoms with E-state index in [2.05, 4.69) is 10.6 Å². The Hall–Kier alpha value is -1.91. The summed E-state index contributed by atoms with van der Waals surface area (Å²) in [4.78, 5) is 12.9. The Morgan fingerprint density at radius 3 is 2.33 bits per heavy atom. The van der Waals surface area contributed by atoms with E-state index in [1.807, 2.05) is 32.0 Å². The molecule has 5 heteroatoms. The number of amides is 1. The normalized spacial score (nSPS) is 32.0. The maximum Gasteiger partial charge on any atom is 0.242 e. The minimum Gasteiger partial charge on any atom is -0.493 e. The molecular formula is C22H32N2O3. The summed E-state index contributed by atoms with van der Waals surface area (Å²) in [6, 6.07) is 5.41. The molecule has 0 aromatic heterocycles. The maximum absolute atomic E-state index is 12.9. The Morgan fingerprint density at radius 1 is 1.15 bits per heavy atom. The summed E-state index contributed by atoms with van der Waals surface area (Å²) in [6.07, 6.45) is 7.68. The second-order valence-corrected chi connectivity index (χ2v) is 8.85.